The maximum atomic E-state index is 12.1. The summed E-state index contributed by atoms with van der Waals surface area (Å²) in [5.41, 5.74) is 2.41. The molecule has 0 unspecified atom stereocenters. The highest BCUT2D eigenvalue weighted by molar-refractivity contribution is 7.90. The van der Waals surface area contributed by atoms with Crippen molar-refractivity contribution in [1.82, 2.24) is 0 Å². The predicted octanol–water partition coefficient (Wildman–Crippen LogP) is 2.83. The summed E-state index contributed by atoms with van der Waals surface area (Å²) >= 11 is 0. The summed E-state index contributed by atoms with van der Waals surface area (Å²) in [6.45, 7) is 2.07. The first-order chi connectivity index (χ1) is 10.4. The first-order valence-electron chi connectivity index (χ1n) is 7.07. The second-order valence-electron chi connectivity index (χ2n) is 5.16. The number of nitrogens with one attached hydrogen (secondary N) is 1. The van der Waals surface area contributed by atoms with E-state index >= 15 is 0 Å². The Hall–Kier alpha value is -2.14. The maximum Gasteiger partial charge on any atom is 0.228 e. The molecule has 116 valence electrons. The Morgan fingerprint density at radius 1 is 1.05 bits per heavy atom. The van der Waals surface area contributed by atoms with Crippen LogP contribution in [0.25, 0.3) is 0 Å². The minimum absolute atomic E-state index is 0.0266. The van der Waals surface area contributed by atoms with Gasteiger partial charge in [-0.3, -0.25) is 4.79 Å². The largest absolute Gasteiger partial charge is 0.326 e. The van der Waals surface area contributed by atoms with E-state index in [1.165, 1.54) is 11.6 Å². The molecule has 2 aromatic rings. The van der Waals surface area contributed by atoms with Gasteiger partial charge in [0.2, 0.25) is 5.91 Å². The van der Waals surface area contributed by atoms with E-state index in [9.17, 15) is 13.2 Å². The zero-order valence-corrected chi connectivity index (χ0v) is 13.5. The van der Waals surface area contributed by atoms with Gasteiger partial charge in [0, 0.05) is 11.9 Å². The van der Waals surface area contributed by atoms with Crippen LogP contribution in [0.4, 0.5) is 5.69 Å². The lowest BCUT2D eigenvalue weighted by atomic mass is 10.1. The molecule has 0 fully saturated rings. The summed E-state index contributed by atoms with van der Waals surface area (Å²) in [5.74, 6) is -0.236. The molecule has 0 aliphatic carbocycles. The normalized spacial score (nSPS) is 11.2. The molecule has 0 aliphatic rings. The van der Waals surface area contributed by atoms with E-state index in [0.717, 1.165) is 12.7 Å². The van der Waals surface area contributed by atoms with Crippen molar-refractivity contribution in [3.05, 3.63) is 59.7 Å². The van der Waals surface area contributed by atoms with Crippen LogP contribution in [0.1, 0.15) is 18.1 Å². The number of aryl methyl sites for hydroxylation is 1. The van der Waals surface area contributed by atoms with Crippen molar-refractivity contribution >= 4 is 21.4 Å². The molecule has 4 nitrogen and oxygen atoms in total. The minimum Gasteiger partial charge on any atom is -0.326 e. The van der Waals surface area contributed by atoms with E-state index in [4.69, 9.17) is 0 Å². The Kier molecular flexibility index (Phi) is 4.98. The Labute approximate surface area is 131 Å². The quantitative estimate of drug-likeness (QED) is 0.922. The van der Waals surface area contributed by atoms with Crippen LogP contribution in [0, 0.1) is 0 Å². The second kappa shape index (κ2) is 6.75. The van der Waals surface area contributed by atoms with Crippen LogP contribution in [0.15, 0.2) is 53.4 Å². The fraction of sp³-hybridized carbons (Fsp3) is 0.235. The van der Waals surface area contributed by atoms with Crippen LogP contribution in [-0.2, 0) is 27.5 Å². The van der Waals surface area contributed by atoms with Crippen molar-refractivity contribution in [3.8, 4) is 0 Å². The van der Waals surface area contributed by atoms with E-state index in [-0.39, 0.29) is 17.2 Å². The first kappa shape index (κ1) is 16.2. The summed E-state index contributed by atoms with van der Waals surface area (Å²) < 4.78 is 23.5. The molecular weight excluding hydrogens is 298 g/mol. The van der Waals surface area contributed by atoms with Gasteiger partial charge >= 0.3 is 0 Å². The zero-order chi connectivity index (χ0) is 16.2. The lowest BCUT2D eigenvalue weighted by molar-refractivity contribution is -0.115. The number of hydrogen-bond acceptors (Lipinski definition) is 3. The standard InChI is InChI=1S/C17H19NO3S/c1-3-13-8-10-15(11-9-13)18-17(19)12-14-6-4-5-7-16(14)22(2,20)21/h4-11H,3,12H2,1-2H3,(H,18,19). The Morgan fingerprint density at radius 2 is 1.68 bits per heavy atom. The van der Waals surface area contributed by atoms with Gasteiger partial charge in [0.1, 0.15) is 0 Å². The highest BCUT2D eigenvalue weighted by Gasteiger charge is 2.15. The number of anilines is 1. The highest BCUT2D eigenvalue weighted by atomic mass is 32.2. The van der Waals surface area contributed by atoms with E-state index in [1.54, 1.807) is 18.2 Å². The highest BCUT2D eigenvalue weighted by Crippen LogP contribution is 2.17. The van der Waals surface area contributed by atoms with Gasteiger partial charge in [0.25, 0.3) is 0 Å². The second-order valence-corrected chi connectivity index (χ2v) is 7.14. The SMILES string of the molecule is CCc1ccc(NC(=O)Cc2ccccc2S(C)(=O)=O)cc1. The molecule has 22 heavy (non-hydrogen) atoms. The summed E-state index contributed by atoms with van der Waals surface area (Å²) in [5, 5.41) is 2.79. The Balaban J connectivity index is 2.12. The van der Waals surface area contributed by atoms with Gasteiger partial charge in [0.05, 0.1) is 11.3 Å². The molecule has 1 amide bonds. The summed E-state index contributed by atoms with van der Waals surface area (Å²) in [4.78, 5) is 12.3. The van der Waals surface area contributed by atoms with E-state index in [1.807, 2.05) is 24.3 Å². The summed E-state index contributed by atoms with van der Waals surface area (Å²) in [7, 11) is -3.34. The number of rotatable bonds is 5. The average molecular weight is 317 g/mol. The third-order valence-corrected chi connectivity index (χ3v) is 4.57. The predicted molar refractivity (Wildman–Crippen MR) is 87.7 cm³/mol. The fourth-order valence-electron chi connectivity index (χ4n) is 2.21. The lowest BCUT2D eigenvalue weighted by Crippen LogP contribution is -2.16. The molecule has 0 aliphatic heterocycles. The first-order valence-corrected chi connectivity index (χ1v) is 8.96. The van der Waals surface area contributed by atoms with E-state index in [0.29, 0.717) is 11.3 Å². The number of carbonyl (C=O) groups is 1. The average Bonchev–Trinajstić information content (AvgIpc) is 2.47. The monoisotopic (exact) mass is 317 g/mol. The molecule has 0 bridgehead atoms. The zero-order valence-electron chi connectivity index (χ0n) is 12.7. The van der Waals surface area contributed by atoms with Gasteiger partial charge in [-0.1, -0.05) is 37.3 Å². The van der Waals surface area contributed by atoms with Gasteiger partial charge in [0.15, 0.2) is 9.84 Å². The topological polar surface area (TPSA) is 63.2 Å². The molecule has 0 atom stereocenters. The molecule has 0 aromatic heterocycles. The molecule has 0 saturated heterocycles. The number of hydrogen-bond donors (Lipinski definition) is 1. The van der Waals surface area contributed by atoms with Crippen LogP contribution >= 0.6 is 0 Å². The van der Waals surface area contributed by atoms with E-state index in [2.05, 4.69) is 12.2 Å². The Bertz CT molecular complexity index is 765. The van der Waals surface area contributed by atoms with Crippen LogP contribution in [0.5, 0.6) is 0 Å². The van der Waals surface area contributed by atoms with Gasteiger partial charge in [-0.25, -0.2) is 8.42 Å². The lowest BCUT2D eigenvalue weighted by Gasteiger charge is -2.09. The van der Waals surface area contributed by atoms with Crippen LogP contribution in [-0.4, -0.2) is 20.6 Å². The number of benzene rings is 2. The molecule has 2 aromatic carbocycles. The third-order valence-electron chi connectivity index (χ3n) is 3.37. The van der Waals surface area contributed by atoms with Crippen LogP contribution in [0.2, 0.25) is 0 Å². The van der Waals surface area contributed by atoms with Crippen molar-refractivity contribution in [2.45, 2.75) is 24.7 Å². The van der Waals surface area contributed by atoms with Gasteiger partial charge in [-0.2, -0.15) is 0 Å². The van der Waals surface area contributed by atoms with Gasteiger partial charge in [-0.05, 0) is 35.7 Å². The molecular formula is C17H19NO3S. The van der Waals surface area contributed by atoms with Crippen LogP contribution in [0.3, 0.4) is 0 Å². The number of carbonyl (C=O) groups excluding carboxylic acids is 1. The van der Waals surface area contributed by atoms with Crippen molar-refractivity contribution in [2.75, 3.05) is 11.6 Å². The summed E-state index contributed by atoms with van der Waals surface area (Å²) in [6.07, 6.45) is 2.11. The van der Waals surface area contributed by atoms with Crippen LogP contribution < -0.4 is 5.32 Å². The van der Waals surface area contributed by atoms with Crippen molar-refractivity contribution < 1.29 is 13.2 Å². The molecule has 0 spiro atoms. The van der Waals surface area contributed by atoms with Crippen molar-refractivity contribution in [3.63, 3.8) is 0 Å². The van der Waals surface area contributed by atoms with Gasteiger partial charge < -0.3 is 5.32 Å². The molecule has 1 N–H and O–H groups in total. The smallest absolute Gasteiger partial charge is 0.228 e. The number of sulfone groups is 1. The van der Waals surface area contributed by atoms with Crippen molar-refractivity contribution in [1.29, 1.82) is 0 Å². The molecule has 5 heteroatoms. The molecule has 2 rings (SSSR count). The third kappa shape index (κ3) is 4.18. The minimum atomic E-state index is -3.34. The fourth-order valence-corrected chi connectivity index (χ4v) is 3.16. The number of amides is 1. The van der Waals surface area contributed by atoms with E-state index < -0.39 is 9.84 Å². The molecule has 0 radical (unpaired) electrons. The molecule has 0 saturated carbocycles. The maximum absolute atomic E-state index is 12.1. The molecule has 0 heterocycles. The summed E-state index contributed by atoms with van der Waals surface area (Å²) in [6, 6.07) is 14.2. The van der Waals surface area contributed by atoms with Gasteiger partial charge in [-0.15, -0.1) is 0 Å². The van der Waals surface area contributed by atoms with Crippen molar-refractivity contribution in [2.24, 2.45) is 0 Å². The Morgan fingerprint density at radius 3 is 2.27 bits per heavy atom.